The number of carbonyl (C=O) groups is 1. The maximum absolute atomic E-state index is 14.5. The lowest BCUT2D eigenvalue weighted by molar-refractivity contribution is 0.100. The molecule has 0 saturated carbocycles. The van der Waals surface area contributed by atoms with Gasteiger partial charge in [-0.15, -0.1) is 0 Å². The molecule has 1 aromatic carbocycles. The highest BCUT2D eigenvalue weighted by atomic mass is 19.1. The molecule has 1 aliphatic rings. The fourth-order valence-corrected chi connectivity index (χ4v) is 3.04. The third-order valence-electron chi connectivity index (χ3n) is 4.30. The van der Waals surface area contributed by atoms with Crippen molar-refractivity contribution < 1.29 is 13.9 Å². The number of hydrogen-bond acceptors (Lipinski definition) is 6. The summed E-state index contributed by atoms with van der Waals surface area (Å²) in [5.41, 5.74) is 12.9. The molecule has 0 radical (unpaired) electrons. The molecule has 7 nitrogen and oxygen atoms in total. The van der Waals surface area contributed by atoms with E-state index in [1.165, 1.54) is 0 Å². The third kappa shape index (κ3) is 3.70. The molecule has 3 rings (SSSR count). The number of amides is 1. The van der Waals surface area contributed by atoms with Gasteiger partial charge in [0.15, 0.2) is 11.6 Å². The summed E-state index contributed by atoms with van der Waals surface area (Å²) in [5, 5.41) is 3.06. The second-order valence-electron chi connectivity index (χ2n) is 6.41. The lowest BCUT2D eigenvalue weighted by Gasteiger charge is -2.20. The molecular formula is C18H22FN5O2. The molecule has 0 aliphatic carbocycles. The summed E-state index contributed by atoms with van der Waals surface area (Å²) in [6.07, 6.45) is 0.760. The van der Waals surface area contributed by atoms with Crippen LogP contribution in [0.4, 0.5) is 21.7 Å². The molecule has 1 aliphatic heterocycles. The van der Waals surface area contributed by atoms with Crippen molar-refractivity contribution in [3.05, 3.63) is 41.2 Å². The minimum atomic E-state index is -0.761. The van der Waals surface area contributed by atoms with Gasteiger partial charge in [0.1, 0.15) is 11.6 Å². The van der Waals surface area contributed by atoms with Crippen LogP contribution in [0.15, 0.2) is 24.3 Å². The van der Waals surface area contributed by atoms with E-state index >= 15 is 0 Å². The predicted molar refractivity (Wildman–Crippen MR) is 98.5 cm³/mol. The first-order chi connectivity index (χ1) is 12.4. The fraction of sp³-hybridized carbons (Fsp3) is 0.333. The lowest BCUT2D eigenvalue weighted by Crippen LogP contribution is -2.28. The maximum Gasteiger partial charge on any atom is 0.252 e. The smallest absolute Gasteiger partial charge is 0.252 e. The minimum absolute atomic E-state index is 0.0183. The van der Waals surface area contributed by atoms with Gasteiger partial charge >= 0.3 is 0 Å². The molecule has 2 heterocycles. The number of carbonyl (C=O) groups excluding carboxylic acids is 1. The number of nitrogens with two attached hydrogens (primary N) is 2. The van der Waals surface area contributed by atoms with E-state index in [9.17, 15) is 9.18 Å². The zero-order valence-corrected chi connectivity index (χ0v) is 14.8. The normalized spacial score (nSPS) is 16.6. The van der Waals surface area contributed by atoms with E-state index in [-0.39, 0.29) is 23.2 Å². The van der Waals surface area contributed by atoms with Crippen molar-refractivity contribution in [1.82, 2.24) is 4.98 Å². The Morgan fingerprint density at radius 1 is 1.38 bits per heavy atom. The van der Waals surface area contributed by atoms with Crippen molar-refractivity contribution >= 4 is 23.2 Å². The van der Waals surface area contributed by atoms with Gasteiger partial charge in [0.2, 0.25) is 0 Å². The number of nitrogens with one attached hydrogen (secondary N) is 1. The molecule has 1 atom stereocenters. The number of aromatic nitrogens is 1. The van der Waals surface area contributed by atoms with Crippen LogP contribution in [0, 0.1) is 12.7 Å². The molecule has 0 spiro atoms. The highest BCUT2D eigenvalue weighted by Crippen LogP contribution is 2.29. The van der Waals surface area contributed by atoms with Gasteiger partial charge in [0.25, 0.3) is 5.91 Å². The van der Waals surface area contributed by atoms with Crippen LogP contribution in [0.2, 0.25) is 0 Å². The number of hydrogen-bond donors (Lipinski definition) is 3. The number of nitrogens with zero attached hydrogens (tertiary/aromatic N) is 2. The van der Waals surface area contributed by atoms with Gasteiger partial charge < -0.3 is 26.4 Å². The first-order valence-corrected chi connectivity index (χ1v) is 8.31. The Balaban J connectivity index is 2.01. The summed E-state index contributed by atoms with van der Waals surface area (Å²) < 4.78 is 19.7. The number of rotatable bonds is 5. The molecule has 5 N–H and O–H groups in total. The van der Waals surface area contributed by atoms with Crippen LogP contribution in [-0.2, 0) is 0 Å². The summed E-state index contributed by atoms with van der Waals surface area (Å²) in [6.45, 7) is 3.04. The van der Waals surface area contributed by atoms with Gasteiger partial charge in [0.05, 0.1) is 12.7 Å². The summed E-state index contributed by atoms with van der Waals surface area (Å²) in [6, 6.07) is 6.58. The third-order valence-corrected chi connectivity index (χ3v) is 4.30. The highest BCUT2D eigenvalue weighted by molar-refractivity contribution is 5.98. The molecular weight excluding hydrogens is 337 g/mol. The first-order valence-electron chi connectivity index (χ1n) is 8.31. The van der Waals surface area contributed by atoms with E-state index in [2.05, 4.69) is 10.3 Å². The monoisotopic (exact) mass is 359 g/mol. The van der Waals surface area contributed by atoms with Crippen molar-refractivity contribution in [3.8, 4) is 5.75 Å². The maximum atomic E-state index is 14.5. The van der Waals surface area contributed by atoms with Gasteiger partial charge in [-0.25, -0.2) is 9.37 Å². The van der Waals surface area contributed by atoms with Crippen molar-refractivity contribution in [2.24, 2.45) is 11.5 Å². The topological polar surface area (TPSA) is 106 Å². The molecule has 2 aromatic rings. The number of methoxy groups -OCH3 is 1. The van der Waals surface area contributed by atoms with Crippen LogP contribution in [0.25, 0.3) is 0 Å². The van der Waals surface area contributed by atoms with E-state index in [1.807, 2.05) is 19.1 Å². The summed E-state index contributed by atoms with van der Waals surface area (Å²) in [4.78, 5) is 17.9. The van der Waals surface area contributed by atoms with Crippen molar-refractivity contribution in [1.29, 1.82) is 0 Å². The minimum Gasteiger partial charge on any atom is -0.497 e. The standard InChI is InChI=1S/C18H22FN5O2/c1-10-5-12(7-13(6-10)26-2)22-17-14(16(21)25)8-15(19)18(23-17)24-4-3-11(20)9-24/h5-8,11H,3-4,9,20H2,1-2H3,(H2,21,25)(H,22,23)/t11-/m0/s1. The number of ether oxygens (including phenoxy) is 1. The zero-order valence-electron chi connectivity index (χ0n) is 14.8. The molecule has 1 aromatic heterocycles. The summed E-state index contributed by atoms with van der Waals surface area (Å²) in [5.74, 6) is -0.350. The van der Waals surface area contributed by atoms with E-state index in [0.717, 1.165) is 18.1 Å². The van der Waals surface area contributed by atoms with Gasteiger partial charge in [-0.3, -0.25) is 4.79 Å². The fourth-order valence-electron chi connectivity index (χ4n) is 3.04. The van der Waals surface area contributed by atoms with Crippen molar-refractivity contribution in [2.75, 3.05) is 30.4 Å². The van der Waals surface area contributed by atoms with Crippen molar-refractivity contribution in [2.45, 2.75) is 19.4 Å². The van der Waals surface area contributed by atoms with Gasteiger partial charge in [-0.1, -0.05) is 0 Å². The van der Waals surface area contributed by atoms with Gasteiger partial charge in [0, 0.05) is 30.9 Å². The van der Waals surface area contributed by atoms with Crippen LogP contribution in [0.3, 0.4) is 0 Å². The molecule has 1 amide bonds. The largest absolute Gasteiger partial charge is 0.497 e. The summed E-state index contributed by atoms with van der Waals surface area (Å²) in [7, 11) is 1.57. The quantitative estimate of drug-likeness (QED) is 0.753. The first kappa shape index (κ1) is 17.9. The number of pyridine rings is 1. The number of benzene rings is 1. The number of anilines is 3. The SMILES string of the molecule is COc1cc(C)cc(Nc2nc(N3CC[C@H](N)C3)c(F)cc2C(N)=O)c1. The van der Waals surface area contributed by atoms with Crippen LogP contribution >= 0.6 is 0 Å². The Morgan fingerprint density at radius 3 is 2.77 bits per heavy atom. The molecule has 26 heavy (non-hydrogen) atoms. The second-order valence-corrected chi connectivity index (χ2v) is 6.41. The van der Waals surface area contributed by atoms with E-state index < -0.39 is 11.7 Å². The molecule has 0 unspecified atom stereocenters. The van der Waals surface area contributed by atoms with Crippen LogP contribution in [0.1, 0.15) is 22.3 Å². The zero-order chi connectivity index (χ0) is 18.8. The van der Waals surface area contributed by atoms with Gasteiger partial charge in [-0.2, -0.15) is 0 Å². The lowest BCUT2D eigenvalue weighted by atomic mass is 10.2. The van der Waals surface area contributed by atoms with E-state index in [1.54, 1.807) is 18.1 Å². The van der Waals surface area contributed by atoms with Crippen molar-refractivity contribution in [3.63, 3.8) is 0 Å². The Kier molecular flexibility index (Phi) is 4.94. The molecule has 0 bridgehead atoms. The molecule has 1 fully saturated rings. The molecule has 8 heteroatoms. The molecule has 138 valence electrons. The van der Waals surface area contributed by atoms with Crippen LogP contribution in [-0.4, -0.2) is 37.1 Å². The van der Waals surface area contributed by atoms with E-state index in [0.29, 0.717) is 24.5 Å². The van der Waals surface area contributed by atoms with E-state index in [4.69, 9.17) is 16.2 Å². The Labute approximate surface area is 151 Å². The summed E-state index contributed by atoms with van der Waals surface area (Å²) >= 11 is 0. The Bertz CT molecular complexity index is 843. The Hall–Kier alpha value is -2.87. The van der Waals surface area contributed by atoms with Crippen LogP contribution in [0.5, 0.6) is 5.75 Å². The van der Waals surface area contributed by atoms with Gasteiger partial charge in [-0.05, 0) is 37.1 Å². The number of primary amides is 1. The number of halogens is 1. The Morgan fingerprint density at radius 2 is 2.15 bits per heavy atom. The van der Waals surface area contributed by atoms with Crippen LogP contribution < -0.4 is 26.4 Å². The molecule has 1 saturated heterocycles. The number of aryl methyl sites for hydroxylation is 1. The average Bonchev–Trinajstić information content (AvgIpc) is 3.01. The highest BCUT2D eigenvalue weighted by Gasteiger charge is 2.25. The predicted octanol–water partition coefficient (Wildman–Crippen LogP) is 1.92. The second kappa shape index (κ2) is 7.17. The average molecular weight is 359 g/mol.